The van der Waals surface area contributed by atoms with Crippen LogP contribution in [0.5, 0.6) is 0 Å². The number of nitrogens with zero attached hydrogens (tertiary/aromatic N) is 3. The number of benzene rings is 1. The van der Waals surface area contributed by atoms with Crippen molar-refractivity contribution < 1.29 is 13.2 Å². The van der Waals surface area contributed by atoms with Crippen LogP contribution in [0.15, 0.2) is 30.5 Å². The topological polar surface area (TPSA) is 65.9 Å². The summed E-state index contributed by atoms with van der Waals surface area (Å²) in [5, 5.41) is 9.82. The molecule has 4 nitrogen and oxygen atoms in total. The summed E-state index contributed by atoms with van der Waals surface area (Å²) in [6.07, 6.45) is -2.77. The van der Waals surface area contributed by atoms with Crippen molar-refractivity contribution in [1.29, 1.82) is 5.26 Å². The number of aromatic nitrogens is 1. The molecule has 0 aliphatic carbocycles. The molecule has 8 heteroatoms. The predicted molar refractivity (Wildman–Crippen MR) is 88.1 cm³/mol. The van der Waals surface area contributed by atoms with E-state index in [1.165, 1.54) is 0 Å². The molecule has 1 aromatic heterocycles. The fourth-order valence-electron chi connectivity index (χ4n) is 3.10. The molecule has 1 aromatic carbocycles. The molecular formula is C16H16ClF3N4. The van der Waals surface area contributed by atoms with Gasteiger partial charge in [-0.3, -0.25) is 4.98 Å². The quantitative estimate of drug-likeness (QED) is 0.851. The minimum Gasteiger partial charge on any atom is -0.369 e. The number of pyridine rings is 1. The molecule has 2 N–H and O–H groups in total. The molecule has 0 saturated carbocycles. The summed E-state index contributed by atoms with van der Waals surface area (Å²) in [6, 6.07) is 8.25. The van der Waals surface area contributed by atoms with Crippen LogP contribution < -0.4 is 10.6 Å². The van der Waals surface area contributed by atoms with Crippen LogP contribution in [-0.2, 0) is 0 Å². The number of piperidine rings is 1. The zero-order chi connectivity index (χ0) is 16.6. The third-order valence-electron chi connectivity index (χ3n) is 4.15. The molecule has 0 unspecified atom stereocenters. The molecule has 2 heterocycles. The Hall–Kier alpha value is -2.04. The second-order valence-electron chi connectivity index (χ2n) is 5.78. The van der Waals surface area contributed by atoms with Gasteiger partial charge in [0, 0.05) is 36.4 Å². The molecule has 1 aliphatic heterocycles. The van der Waals surface area contributed by atoms with Crippen molar-refractivity contribution in [3.8, 4) is 6.07 Å². The molecule has 0 bridgehead atoms. The van der Waals surface area contributed by atoms with Crippen molar-refractivity contribution >= 4 is 29.0 Å². The summed E-state index contributed by atoms with van der Waals surface area (Å²) in [4.78, 5) is 5.84. The van der Waals surface area contributed by atoms with Crippen LogP contribution >= 0.6 is 12.4 Å². The molecule has 128 valence electrons. The Labute approximate surface area is 143 Å². The van der Waals surface area contributed by atoms with Crippen molar-refractivity contribution in [3.63, 3.8) is 0 Å². The van der Waals surface area contributed by atoms with E-state index in [2.05, 4.69) is 11.1 Å². The van der Waals surface area contributed by atoms with Crippen molar-refractivity contribution in [3.05, 3.63) is 36.0 Å². The van der Waals surface area contributed by atoms with E-state index in [1.54, 1.807) is 35.4 Å². The van der Waals surface area contributed by atoms with Crippen molar-refractivity contribution in [1.82, 2.24) is 4.98 Å². The molecule has 24 heavy (non-hydrogen) atoms. The Morgan fingerprint density at radius 1 is 1.25 bits per heavy atom. The molecule has 1 aliphatic rings. The second-order valence-corrected chi connectivity index (χ2v) is 5.78. The summed E-state index contributed by atoms with van der Waals surface area (Å²) in [7, 11) is 0. The first-order chi connectivity index (χ1) is 10.9. The van der Waals surface area contributed by atoms with Crippen molar-refractivity contribution in [2.24, 2.45) is 11.7 Å². The minimum atomic E-state index is -4.27. The average Bonchev–Trinajstić information content (AvgIpc) is 2.52. The highest BCUT2D eigenvalue weighted by atomic mass is 35.5. The Morgan fingerprint density at radius 2 is 2.00 bits per heavy atom. The van der Waals surface area contributed by atoms with Crippen LogP contribution in [0.3, 0.4) is 0 Å². The Kier molecular flexibility index (Phi) is 5.21. The summed E-state index contributed by atoms with van der Waals surface area (Å²) in [5.74, 6) is -1.45. The van der Waals surface area contributed by atoms with Gasteiger partial charge in [0.1, 0.15) is 6.07 Å². The predicted octanol–water partition coefficient (Wildman–Crippen LogP) is 3.24. The highest BCUT2D eigenvalue weighted by Crippen LogP contribution is 2.36. The van der Waals surface area contributed by atoms with E-state index in [0.29, 0.717) is 28.7 Å². The first kappa shape index (κ1) is 18.3. The van der Waals surface area contributed by atoms with Crippen LogP contribution in [0.25, 0.3) is 10.9 Å². The maximum atomic E-state index is 13.1. The van der Waals surface area contributed by atoms with Gasteiger partial charge >= 0.3 is 6.18 Å². The highest BCUT2D eigenvalue weighted by molar-refractivity contribution is 5.95. The molecule has 0 spiro atoms. The lowest BCUT2D eigenvalue weighted by Gasteiger charge is -2.38. The van der Waals surface area contributed by atoms with Crippen LogP contribution in [0.1, 0.15) is 12.0 Å². The monoisotopic (exact) mass is 356 g/mol. The fourth-order valence-corrected chi connectivity index (χ4v) is 3.10. The van der Waals surface area contributed by atoms with Gasteiger partial charge in [-0.15, -0.1) is 12.4 Å². The molecule has 1 saturated heterocycles. The van der Waals surface area contributed by atoms with Crippen molar-refractivity contribution in [2.75, 3.05) is 18.0 Å². The van der Waals surface area contributed by atoms with Crippen LogP contribution in [0.4, 0.5) is 18.9 Å². The number of fused-ring (bicyclic) bond motifs is 1. The maximum Gasteiger partial charge on any atom is 0.393 e. The third-order valence-corrected chi connectivity index (χ3v) is 4.15. The molecule has 1 fully saturated rings. The van der Waals surface area contributed by atoms with Crippen LogP contribution in [0.2, 0.25) is 0 Å². The summed E-state index contributed by atoms with van der Waals surface area (Å²) in [6.45, 7) is 0.218. The number of rotatable bonds is 1. The van der Waals surface area contributed by atoms with Crippen LogP contribution in [0, 0.1) is 17.2 Å². The summed E-state index contributed by atoms with van der Waals surface area (Å²) >= 11 is 0. The third kappa shape index (κ3) is 3.40. The molecule has 3 rings (SSSR count). The van der Waals surface area contributed by atoms with E-state index in [9.17, 15) is 13.2 Å². The van der Waals surface area contributed by atoms with Gasteiger partial charge in [0.25, 0.3) is 0 Å². The van der Waals surface area contributed by atoms with E-state index in [4.69, 9.17) is 11.0 Å². The zero-order valence-corrected chi connectivity index (χ0v) is 13.4. The number of nitrogens with two attached hydrogens (primary N) is 1. The molecule has 2 aromatic rings. The number of anilines is 1. The van der Waals surface area contributed by atoms with Gasteiger partial charge in [-0.05, 0) is 30.7 Å². The number of hydrogen-bond donors (Lipinski definition) is 1. The normalized spacial score (nSPS) is 21.2. The first-order valence-corrected chi connectivity index (χ1v) is 7.25. The summed E-state index contributed by atoms with van der Waals surface area (Å²) in [5.41, 5.74) is 7.37. The van der Waals surface area contributed by atoms with E-state index in [0.717, 1.165) is 0 Å². The van der Waals surface area contributed by atoms with Gasteiger partial charge < -0.3 is 10.6 Å². The fraction of sp³-hybridized carbons (Fsp3) is 0.375. The second kappa shape index (κ2) is 6.83. The number of alkyl halides is 3. The van der Waals surface area contributed by atoms with Gasteiger partial charge in [0.15, 0.2) is 0 Å². The van der Waals surface area contributed by atoms with E-state index in [1.807, 2.05) is 0 Å². The van der Waals surface area contributed by atoms with Gasteiger partial charge in [-0.1, -0.05) is 0 Å². The number of nitriles is 1. The zero-order valence-electron chi connectivity index (χ0n) is 12.6. The smallest absolute Gasteiger partial charge is 0.369 e. The molecule has 0 radical (unpaired) electrons. The first-order valence-electron chi connectivity index (χ1n) is 7.25. The van der Waals surface area contributed by atoms with E-state index in [-0.39, 0.29) is 25.4 Å². The van der Waals surface area contributed by atoms with E-state index < -0.39 is 18.1 Å². The maximum absolute atomic E-state index is 13.1. The average molecular weight is 357 g/mol. The van der Waals surface area contributed by atoms with Crippen molar-refractivity contribution in [2.45, 2.75) is 18.6 Å². The summed E-state index contributed by atoms with van der Waals surface area (Å²) < 4.78 is 39.3. The molecule has 0 amide bonds. The Morgan fingerprint density at radius 3 is 2.67 bits per heavy atom. The Bertz CT molecular complexity index is 772. The molecular weight excluding hydrogens is 341 g/mol. The lowest BCUT2D eigenvalue weighted by Crippen LogP contribution is -2.51. The number of hydrogen-bond acceptors (Lipinski definition) is 4. The lowest BCUT2D eigenvalue weighted by atomic mass is 9.93. The minimum absolute atomic E-state index is 0. The number of halogens is 4. The van der Waals surface area contributed by atoms with Crippen LogP contribution in [-0.4, -0.2) is 30.3 Å². The largest absolute Gasteiger partial charge is 0.393 e. The van der Waals surface area contributed by atoms with E-state index >= 15 is 0 Å². The van der Waals surface area contributed by atoms with Gasteiger partial charge in [0.05, 0.1) is 17.0 Å². The standard InChI is InChI=1S/C16H15F3N4.ClH/c17-16(18,19)11-6-12(21)9-23(8-11)14-4-3-10(7-20)15-13(14)2-1-5-22-15;/h1-5,11-12H,6,8-9,21H2;1H/t11-,12-;/m1./s1. The SMILES string of the molecule is Cl.N#Cc1ccc(N2C[C@H](N)C[C@@H](C(F)(F)F)C2)c2cccnc12. The Balaban J connectivity index is 0.00000208. The highest BCUT2D eigenvalue weighted by Gasteiger charge is 2.44. The lowest BCUT2D eigenvalue weighted by molar-refractivity contribution is -0.177. The van der Waals surface area contributed by atoms with Gasteiger partial charge in [0.2, 0.25) is 0 Å². The molecule has 2 atom stereocenters. The van der Waals surface area contributed by atoms with Gasteiger partial charge in [-0.2, -0.15) is 18.4 Å². The van der Waals surface area contributed by atoms with Gasteiger partial charge in [-0.25, -0.2) is 0 Å².